The quantitative estimate of drug-likeness (QED) is 0.110. The van der Waals surface area contributed by atoms with Gasteiger partial charge in [-0.2, -0.15) is 0 Å². The Labute approximate surface area is 230 Å². The lowest BCUT2D eigenvalue weighted by atomic mass is 9.88. The van der Waals surface area contributed by atoms with Gasteiger partial charge in [-0.1, -0.05) is 87.1 Å². The number of hydrogen-bond acceptors (Lipinski definition) is 7. The van der Waals surface area contributed by atoms with Gasteiger partial charge < -0.3 is 26.5 Å². The van der Waals surface area contributed by atoms with Gasteiger partial charge in [-0.05, 0) is 52.4 Å². The van der Waals surface area contributed by atoms with E-state index in [4.69, 9.17) is 4.79 Å². The predicted octanol–water partition coefficient (Wildman–Crippen LogP) is 4.71. The molecule has 0 bridgehead atoms. The highest BCUT2D eigenvalue weighted by atomic mass is 16.2. The average Bonchev–Trinajstić information content (AvgIpc) is 2.86. The molecule has 0 saturated carbocycles. The van der Waals surface area contributed by atoms with Crippen molar-refractivity contribution >= 4 is 24.8 Å². The number of aldehydes is 2. The first-order chi connectivity index (χ1) is 17.5. The highest BCUT2D eigenvalue weighted by Crippen LogP contribution is 2.17. The van der Waals surface area contributed by atoms with Crippen molar-refractivity contribution in [3.63, 3.8) is 0 Å². The predicted molar refractivity (Wildman–Crippen MR) is 162 cm³/mol. The molecule has 0 rings (SSSR count). The number of primary amides is 1. The summed E-state index contributed by atoms with van der Waals surface area (Å²) in [7, 11) is 5.61. The maximum absolute atomic E-state index is 11.3. The van der Waals surface area contributed by atoms with Crippen molar-refractivity contribution in [1.29, 1.82) is 0 Å². The van der Waals surface area contributed by atoms with Gasteiger partial charge in [-0.15, -0.1) is 6.58 Å². The summed E-state index contributed by atoms with van der Waals surface area (Å²) in [4.78, 5) is 40.6. The van der Waals surface area contributed by atoms with Gasteiger partial charge in [0, 0.05) is 12.5 Å². The molecular formula is C29H64N4O4. The third kappa shape index (κ3) is 51.6. The van der Waals surface area contributed by atoms with Gasteiger partial charge in [0.2, 0.25) is 6.41 Å². The molecule has 1 amide bonds. The third-order valence-electron chi connectivity index (χ3n) is 4.38. The van der Waals surface area contributed by atoms with E-state index in [0.29, 0.717) is 6.29 Å². The first kappa shape index (κ1) is 48.2. The van der Waals surface area contributed by atoms with Crippen LogP contribution in [-0.2, 0) is 19.2 Å². The van der Waals surface area contributed by atoms with E-state index in [1.807, 2.05) is 54.8 Å². The van der Waals surface area contributed by atoms with Crippen molar-refractivity contribution in [3.8, 4) is 0 Å². The van der Waals surface area contributed by atoms with Crippen LogP contribution < -0.4 is 21.7 Å². The van der Waals surface area contributed by atoms with E-state index in [1.165, 1.54) is 6.42 Å². The molecular weight excluding hydrogens is 468 g/mol. The highest BCUT2D eigenvalue weighted by molar-refractivity contribution is 6.25. The molecule has 2 atom stereocenters. The number of rotatable bonds is 14. The normalized spacial score (nSPS) is 10.7. The van der Waals surface area contributed by atoms with E-state index < -0.39 is 0 Å². The number of Topliss-reactive ketones (excluding diaryl/α,β-unsaturated/α-hetero) is 1. The second-order valence-electron chi connectivity index (χ2n) is 8.92. The number of ketones is 1. The molecule has 0 aliphatic heterocycles. The van der Waals surface area contributed by atoms with Gasteiger partial charge in [0.1, 0.15) is 6.29 Å². The minimum Gasteiger partial charge on any atom is -0.372 e. The molecule has 2 unspecified atom stereocenters. The largest absolute Gasteiger partial charge is 0.372 e. The summed E-state index contributed by atoms with van der Waals surface area (Å²) in [6.45, 7) is 21.8. The number of hydrogen-bond donors (Lipinski definition) is 4. The fraction of sp³-hybridized carbons (Fsp3) is 0.793. The van der Waals surface area contributed by atoms with Crippen molar-refractivity contribution in [2.24, 2.45) is 17.1 Å². The van der Waals surface area contributed by atoms with E-state index in [-0.39, 0.29) is 29.6 Å². The first-order valence-electron chi connectivity index (χ1n) is 13.7. The molecule has 0 heterocycles. The maximum Gasteiger partial charge on any atom is 0.204 e. The summed E-state index contributed by atoms with van der Waals surface area (Å²) >= 11 is 0. The van der Waals surface area contributed by atoms with Crippen LogP contribution in [0.1, 0.15) is 100 Å². The summed E-state index contributed by atoms with van der Waals surface area (Å²) in [6, 6.07) is -0.0301. The lowest BCUT2D eigenvalue weighted by Crippen LogP contribution is -2.39. The van der Waals surface area contributed by atoms with Crippen LogP contribution in [0.4, 0.5) is 0 Å². The number of nitrogens with two attached hydrogens (primary N) is 1. The monoisotopic (exact) mass is 532 g/mol. The van der Waals surface area contributed by atoms with Gasteiger partial charge in [-0.25, -0.2) is 0 Å². The van der Waals surface area contributed by atoms with Gasteiger partial charge in [0.15, 0.2) is 12.1 Å². The van der Waals surface area contributed by atoms with Gasteiger partial charge in [0.05, 0.1) is 6.04 Å². The van der Waals surface area contributed by atoms with Crippen molar-refractivity contribution in [2.45, 2.75) is 106 Å². The van der Waals surface area contributed by atoms with Crippen molar-refractivity contribution < 1.29 is 19.2 Å². The molecule has 37 heavy (non-hydrogen) atoms. The first-order valence-corrected chi connectivity index (χ1v) is 13.7. The Morgan fingerprint density at radius 1 is 0.919 bits per heavy atom. The molecule has 8 nitrogen and oxygen atoms in total. The molecule has 0 aromatic rings. The van der Waals surface area contributed by atoms with Crippen molar-refractivity contribution in [1.82, 2.24) is 16.0 Å². The molecule has 0 radical (unpaired) electrons. The molecule has 0 saturated heterocycles. The van der Waals surface area contributed by atoms with E-state index >= 15 is 0 Å². The minimum absolute atomic E-state index is 0.0284. The highest BCUT2D eigenvalue weighted by Gasteiger charge is 2.21. The zero-order valence-electron chi connectivity index (χ0n) is 26.2. The summed E-state index contributed by atoms with van der Waals surface area (Å²) < 4.78 is 0. The fourth-order valence-corrected chi connectivity index (χ4v) is 2.52. The van der Waals surface area contributed by atoms with Crippen LogP contribution in [0.2, 0.25) is 0 Å². The summed E-state index contributed by atoms with van der Waals surface area (Å²) in [5.74, 6) is -0.243. The zero-order valence-corrected chi connectivity index (χ0v) is 26.2. The summed E-state index contributed by atoms with van der Waals surface area (Å²) in [5.41, 5.74) is 4.20. The van der Waals surface area contributed by atoms with Crippen molar-refractivity contribution in [2.75, 3.05) is 34.2 Å². The Morgan fingerprint density at radius 2 is 1.38 bits per heavy atom. The lowest BCUT2D eigenvalue weighted by Gasteiger charge is -2.24. The third-order valence-corrected chi connectivity index (χ3v) is 4.38. The van der Waals surface area contributed by atoms with E-state index in [1.54, 1.807) is 7.05 Å². The Kier molecular flexibility index (Phi) is 57.5. The van der Waals surface area contributed by atoms with Gasteiger partial charge in [0.25, 0.3) is 0 Å². The van der Waals surface area contributed by atoms with Crippen LogP contribution in [0.25, 0.3) is 0 Å². The standard InChI is InChI=1S/C12H23NO2.C7H15NO.C4H9N.C3H8.C2H6.CH3NO/c1-3-4-7-11(12(15)10-14)8-5-6-9-13-2;1-7(2,3)6(5-9)8-4;1-3-4-5-2;1-3-2;1-2;2-1-3/h10-11,13H,3-9H2,1-2H3;5-6,8H,1-4H3;3,5H,1,4H2,2H3;3H2,1-2H3;1-2H3;1H,(H2,2,3). The zero-order chi connectivity index (χ0) is 30.5. The SMILES string of the molecule is C=CCNC.CC.CCC.CCCCC(CCCCNC)C(=O)C=O.CNC(C=O)C(C)(C)C.NC=O. The average molecular weight is 533 g/mol. The Balaban J connectivity index is -0.0000000925. The number of nitrogens with one attached hydrogen (secondary N) is 3. The number of unbranched alkanes of at least 4 members (excludes halogenated alkanes) is 2. The molecule has 0 aliphatic carbocycles. The van der Waals surface area contributed by atoms with Crippen LogP contribution in [0.3, 0.4) is 0 Å². The Morgan fingerprint density at radius 3 is 1.59 bits per heavy atom. The minimum atomic E-state index is -0.215. The van der Waals surface area contributed by atoms with E-state index in [0.717, 1.165) is 57.9 Å². The Bertz CT molecular complexity index is 467. The van der Waals surface area contributed by atoms with Gasteiger partial charge in [-0.3, -0.25) is 14.4 Å². The van der Waals surface area contributed by atoms with Crippen LogP contribution >= 0.6 is 0 Å². The number of amides is 1. The van der Waals surface area contributed by atoms with Crippen LogP contribution in [0, 0.1) is 11.3 Å². The Hall–Kier alpha value is -1.90. The molecule has 0 aliphatic rings. The van der Waals surface area contributed by atoms with Crippen molar-refractivity contribution in [3.05, 3.63) is 12.7 Å². The molecule has 224 valence electrons. The van der Waals surface area contributed by atoms with Crippen LogP contribution in [0.5, 0.6) is 0 Å². The second kappa shape index (κ2) is 44.1. The molecule has 0 fully saturated rings. The van der Waals surface area contributed by atoms with Crippen LogP contribution in [-0.4, -0.2) is 65.0 Å². The summed E-state index contributed by atoms with van der Waals surface area (Å²) in [6.07, 6.45) is 10.7. The second-order valence-corrected chi connectivity index (χ2v) is 8.92. The number of likely N-dealkylation sites (N-methyl/N-ethyl adjacent to an activating group) is 2. The lowest BCUT2D eigenvalue weighted by molar-refractivity contribution is -0.132. The molecule has 8 heteroatoms. The molecule has 0 spiro atoms. The summed E-state index contributed by atoms with van der Waals surface area (Å²) in [5, 5.41) is 8.90. The van der Waals surface area contributed by atoms with E-state index in [9.17, 15) is 14.4 Å². The molecule has 5 N–H and O–H groups in total. The van der Waals surface area contributed by atoms with E-state index in [2.05, 4.69) is 49.0 Å². The topological polar surface area (TPSA) is 130 Å². The van der Waals surface area contributed by atoms with Crippen LogP contribution in [0.15, 0.2) is 12.7 Å². The fourth-order valence-electron chi connectivity index (χ4n) is 2.52. The van der Waals surface area contributed by atoms with Gasteiger partial charge >= 0.3 is 0 Å². The maximum atomic E-state index is 11.3. The molecule has 0 aromatic heterocycles. The number of carbonyl (C=O) groups is 4. The number of carbonyl (C=O) groups excluding carboxylic acids is 4. The molecule has 0 aromatic carbocycles. The smallest absolute Gasteiger partial charge is 0.204 e.